The number of ether oxygens (including phenoxy) is 1. The molecule has 19 heavy (non-hydrogen) atoms. The Balaban J connectivity index is 2.68. The number of amides is 1. The van der Waals surface area contributed by atoms with E-state index in [2.05, 4.69) is 29.9 Å². The maximum absolute atomic E-state index is 11.7. The van der Waals surface area contributed by atoms with Gasteiger partial charge in [0.05, 0.1) is 0 Å². The molecule has 0 bridgehead atoms. The number of rotatable bonds is 4. The molecule has 0 aliphatic heterocycles. The summed E-state index contributed by atoms with van der Waals surface area (Å²) in [6.45, 7) is 10.6. The van der Waals surface area contributed by atoms with Crippen LogP contribution in [0.2, 0.25) is 0 Å². The van der Waals surface area contributed by atoms with Crippen molar-refractivity contribution in [3.8, 4) is 0 Å². The van der Waals surface area contributed by atoms with Gasteiger partial charge in [-0.25, -0.2) is 4.79 Å². The molecule has 1 amide bonds. The van der Waals surface area contributed by atoms with Crippen molar-refractivity contribution in [2.45, 2.75) is 45.6 Å². The van der Waals surface area contributed by atoms with Gasteiger partial charge in [0.15, 0.2) is 0 Å². The van der Waals surface area contributed by atoms with Crippen molar-refractivity contribution in [3.63, 3.8) is 0 Å². The number of nitrogens with two attached hydrogens (primary N) is 1. The molecule has 1 atom stereocenters. The lowest BCUT2D eigenvalue weighted by atomic mass is 9.82. The van der Waals surface area contributed by atoms with E-state index in [9.17, 15) is 4.79 Å². The lowest BCUT2D eigenvalue weighted by molar-refractivity contribution is 0.0516. The van der Waals surface area contributed by atoms with Gasteiger partial charge < -0.3 is 15.8 Å². The Bertz CT molecular complexity index is 437. The summed E-state index contributed by atoms with van der Waals surface area (Å²) in [6, 6.07) is 0. The average Bonchev–Trinajstić information content (AvgIpc) is 2.71. The van der Waals surface area contributed by atoms with Crippen LogP contribution in [-0.2, 0) is 10.2 Å². The predicted octanol–water partition coefficient (Wildman–Crippen LogP) is 2.80. The lowest BCUT2D eigenvalue weighted by Crippen LogP contribution is -2.45. The quantitative estimate of drug-likeness (QED) is 0.893. The van der Waals surface area contributed by atoms with Gasteiger partial charge in [-0.1, -0.05) is 6.92 Å². The first-order valence-corrected chi connectivity index (χ1v) is 7.32. The van der Waals surface area contributed by atoms with Gasteiger partial charge in [0, 0.05) is 18.5 Å². The van der Waals surface area contributed by atoms with Crippen LogP contribution in [0.5, 0.6) is 0 Å². The average molecular weight is 284 g/mol. The van der Waals surface area contributed by atoms with E-state index in [1.807, 2.05) is 20.8 Å². The summed E-state index contributed by atoms with van der Waals surface area (Å²) in [5, 5.41) is 7.00. The van der Waals surface area contributed by atoms with Crippen LogP contribution in [0, 0.1) is 6.92 Å². The van der Waals surface area contributed by atoms with Crippen LogP contribution in [0.4, 0.5) is 4.79 Å². The third-order valence-corrected chi connectivity index (χ3v) is 3.84. The molecule has 0 saturated carbocycles. The Morgan fingerprint density at radius 2 is 2.00 bits per heavy atom. The molecule has 0 spiro atoms. The topological polar surface area (TPSA) is 64.3 Å². The van der Waals surface area contributed by atoms with Gasteiger partial charge in [-0.2, -0.15) is 11.3 Å². The first-order valence-electron chi connectivity index (χ1n) is 6.38. The van der Waals surface area contributed by atoms with Gasteiger partial charge in [0.2, 0.25) is 0 Å². The molecular weight excluding hydrogens is 260 g/mol. The molecule has 0 saturated heterocycles. The van der Waals surface area contributed by atoms with Crippen LogP contribution >= 0.6 is 11.3 Å². The van der Waals surface area contributed by atoms with E-state index < -0.39 is 11.7 Å². The van der Waals surface area contributed by atoms with Gasteiger partial charge in [-0.15, -0.1) is 0 Å². The van der Waals surface area contributed by atoms with Crippen molar-refractivity contribution >= 4 is 17.4 Å². The van der Waals surface area contributed by atoms with Crippen LogP contribution in [-0.4, -0.2) is 24.8 Å². The second kappa shape index (κ2) is 5.92. The van der Waals surface area contributed by atoms with Crippen molar-refractivity contribution < 1.29 is 9.53 Å². The Labute approximate surface area is 119 Å². The fourth-order valence-corrected chi connectivity index (χ4v) is 2.84. The minimum Gasteiger partial charge on any atom is -0.444 e. The lowest BCUT2D eigenvalue weighted by Gasteiger charge is -2.29. The summed E-state index contributed by atoms with van der Waals surface area (Å²) in [6.07, 6.45) is -0.403. The minimum absolute atomic E-state index is 0.263. The minimum atomic E-state index is -0.485. The highest BCUT2D eigenvalue weighted by molar-refractivity contribution is 7.08. The van der Waals surface area contributed by atoms with Gasteiger partial charge in [-0.05, 0) is 49.6 Å². The number of aryl methyl sites for hydroxylation is 1. The van der Waals surface area contributed by atoms with Crippen LogP contribution in [0.1, 0.15) is 38.8 Å². The van der Waals surface area contributed by atoms with E-state index in [1.54, 1.807) is 11.3 Å². The maximum atomic E-state index is 11.7. The normalized spacial score (nSPS) is 14.8. The molecule has 0 aromatic carbocycles. The second-order valence-electron chi connectivity index (χ2n) is 6.09. The second-order valence-corrected chi connectivity index (χ2v) is 6.83. The SMILES string of the molecule is Cc1cscc1C(C)(CN)CNC(=O)OC(C)(C)C. The van der Waals surface area contributed by atoms with Crippen molar-refractivity contribution in [2.24, 2.45) is 5.73 Å². The summed E-state index contributed by atoms with van der Waals surface area (Å²) in [7, 11) is 0. The molecule has 108 valence electrons. The van der Waals surface area contributed by atoms with E-state index in [-0.39, 0.29) is 5.41 Å². The third kappa shape index (κ3) is 4.51. The number of carbonyl (C=O) groups is 1. The Kier molecular flexibility index (Phi) is 4.98. The molecule has 4 nitrogen and oxygen atoms in total. The standard InChI is InChI=1S/C14H24N2O2S/c1-10-6-19-7-11(10)14(5,8-15)9-16-12(17)18-13(2,3)4/h6-7H,8-9,15H2,1-5H3,(H,16,17). The summed E-state index contributed by atoms with van der Waals surface area (Å²) in [5.41, 5.74) is 7.55. The monoisotopic (exact) mass is 284 g/mol. The molecule has 0 aliphatic rings. The third-order valence-electron chi connectivity index (χ3n) is 2.98. The van der Waals surface area contributed by atoms with Crippen molar-refractivity contribution in [2.75, 3.05) is 13.1 Å². The zero-order valence-corrected chi connectivity index (χ0v) is 13.2. The number of carbonyl (C=O) groups excluding carboxylic acids is 1. The summed E-state index contributed by atoms with van der Waals surface area (Å²) in [4.78, 5) is 11.7. The number of alkyl carbamates (subject to hydrolysis) is 1. The summed E-state index contributed by atoms with van der Waals surface area (Å²) in [5.74, 6) is 0. The zero-order chi connectivity index (χ0) is 14.7. The predicted molar refractivity (Wildman–Crippen MR) is 79.7 cm³/mol. The molecule has 1 unspecified atom stereocenters. The first-order chi connectivity index (χ1) is 8.68. The van der Waals surface area contributed by atoms with Crippen LogP contribution in [0.3, 0.4) is 0 Å². The van der Waals surface area contributed by atoms with Gasteiger partial charge in [0.1, 0.15) is 5.60 Å². The van der Waals surface area contributed by atoms with Crippen molar-refractivity contribution in [3.05, 3.63) is 21.9 Å². The number of hydrogen-bond acceptors (Lipinski definition) is 4. The molecule has 3 N–H and O–H groups in total. The first kappa shape index (κ1) is 16.0. The largest absolute Gasteiger partial charge is 0.444 e. The van der Waals surface area contributed by atoms with E-state index in [0.29, 0.717) is 13.1 Å². The maximum Gasteiger partial charge on any atom is 0.407 e. The van der Waals surface area contributed by atoms with Gasteiger partial charge in [-0.3, -0.25) is 0 Å². The zero-order valence-electron chi connectivity index (χ0n) is 12.4. The van der Waals surface area contributed by atoms with Gasteiger partial charge >= 0.3 is 6.09 Å². The molecule has 1 aromatic rings. The van der Waals surface area contributed by atoms with Crippen molar-refractivity contribution in [1.29, 1.82) is 0 Å². The Morgan fingerprint density at radius 1 is 1.37 bits per heavy atom. The highest BCUT2D eigenvalue weighted by Gasteiger charge is 2.28. The summed E-state index contributed by atoms with van der Waals surface area (Å²) >= 11 is 1.65. The van der Waals surface area contributed by atoms with E-state index in [0.717, 1.165) is 0 Å². The molecule has 5 heteroatoms. The highest BCUT2D eigenvalue weighted by atomic mass is 32.1. The fraction of sp³-hybridized carbons (Fsp3) is 0.643. The number of thiophene rings is 1. The molecule has 0 aliphatic carbocycles. The molecule has 1 heterocycles. The van der Waals surface area contributed by atoms with Crippen molar-refractivity contribution in [1.82, 2.24) is 5.32 Å². The molecule has 1 rings (SSSR count). The Hall–Kier alpha value is -1.07. The van der Waals surface area contributed by atoms with Crippen LogP contribution in [0.15, 0.2) is 10.8 Å². The number of hydrogen-bond donors (Lipinski definition) is 2. The van der Waals surface area contributed by atoms with E-state index in [1.165, 1.54) is 11.1 Å². The molecular formula is C14H24N2O2S. The molecule has 0 radical (unpaired) electrons. The number of nitrogens with one attached hydrogen (secondary N) is 1. The van der Waals surface area contributed by atoms with E-state index >= 15 is 0 Å². The van der Waals surface area contributed by atoms with Crippen LogP contribution in [0.25, 0.3) is 0 Å². The summed E-state index contributed by atoms with van der Waals surface area (Å²) < 4.78 is 5.24. The smallest absolute Gasteiger partial charge is 0.407 e. The Morgan fingerprint density at radius 3 is 2.42 bits per heavy atom. The fourth-order valence-electron chi connectivity index (χ4n) is 1.84. The highest BCUT2D eigenvalue weighted by Crippen LogP contribution is 2.28. The van der Waals surface area contributed by atoms with Gasteiger partial charge in [0.25, 0.3) is 0 Å². The molecule has 0 fully saturated rings. The molecule has 1 aromatic heterocycles. The van der Waals surface area contributed by atoms with Crippen LogP contribution < -0.4 is 11.1 Å². The van der Waals surface area contributed by atoms with E-state index in [4.69, 9.17) is 10.5 Å².